The quantitative estimate of drug-likeness (QED) is 0.842. The van der Waals surface area contributed by atoms with Crippen molar-refractivity contribution in [3.05, 3.63) is 42.5 Å². The summed E-state index contributed by atoms with van der Waals surface area (Å²) in [6.07, 6.45) is 8.68. The Morgan fingerprint density at radius 1 is 1.27 bits per heavy atom. The molecule has 1 amide bonds. The van der Waals surface area contributed by atoms with Crippen molar-refractivity contribution in [3.63, 3.8) is 0 Å². The van der Waals surface area contributed by atoms with Crippen molar-refractivity contribution in [2.45, 2.75) is 57.2 Å². The number of nitrogens with zero attached hydrogens (tertiary/aromatic N) is 3. The molecule has 0 aliphatic carbocycles. The molecular weight excluding hydrogens is 350 g/mol. The second-order valence-corrected chi connectivity index (χ2v) is 7.40. The molecule has 0 radical (unpaired) electrons. The van der Waals surface area contributed by atoms with E-state index in [1.54, 1.807) is 11.0 Å². The molecule has 4 rings (SSSR count). The predicted molar refractivity (Wildman–Crippen MR) is 102 cm³/mol. The van der Waals surface area contributed by atoms with E-state index in [1.807, 2.05) is 31.2 Å². The summed E-state index contributed by atoms with van der Waals surface area (Å²) in [5.74, 6) is 0.694. The fourth-order valence-corrected chi connectivity index (χ4v) is 4.25. The van der Waals surface area contributed by atoms with Gasteiger partial charge in [0.1, 0.15) is 12.7 Å². The van der Waals surface area contributed by atoms with Crippen LogP contribution < -0.4 is 10.6 Å². The van der Waals surface area contributed by atoms with E-state index in [0.717, 1.165) is 24.1 Å². The number of aromatic nitrogens is 3. The van der Waals surface area contributed by atoms with Crippen molar-refractivity contribution >= 4 is 18.3 Å². The number of carbonyl (C=O) groups excluding carboxylic acids is 1. The maximum Gasteiger partial charge on any atom is 0.220 e. The molecule has 2 fully saturated rings. The third-order valence-corrected chi connectivity index (χ3v) is 5.50. The van der Waals surface area contributed by atoms with E-state index in [-0.39, 0.29) is 24.4 Å². The molecule has 3 heterocycles. The van der Waals surface area contributed by atoms with Crippen molar-refractivity contribution in [1.82, 2.24) is 25.4 Å². The van der Waals surface area contributed by atoms with E-state index in [4.69, 9.17) is 0 Å². The molecule has 2 saturated heterocycles. The molecule has 26 heavy (non-hydrogen) atoms. The minimum absolute atomic E-state index is 0. The lowest BCUT2D eigenvalue weighted by molar-refractivity contribution is -0.122. The van der Waals surface area contributed by atoms with Gasteiger partial charge in [0.2, 0.25) is 5.91 Å². The highest BCUT2D eigenvalue weighted by atomic mass is 35.5. The highest BCUT2D eigenvalue weighted by molar-refractivity contribution is 5.85. The van der Waals surface area contributed by atoms with Gasteiger partial charge in [-0.1, -0.05) is 12.1 Å². The third-order valence-electron chi connectivity index (χ3n) is 5.50. The van der Waals surface area contributed by atoms with Crippen LogP contribution in [0, 0.1) is 5.92 Å². The summed E-state index contributed by atoms with van der Waals surface area (Å²) in [6.45, 7) is 2.04. The zero-order chi connectivity index (χ0) is 17.2. The van der Waals surface area contributed by atoms with Gasteiger partial charge in [-0.25, -0.2) is 9.67 Å². The second-order valence-electron chi connectivity index (χ2n) is 7.40. The number of nitrogens with one attached hydrogen (secondary N) is 2. The minimum atomic E-state index is 0. The normalized spacial score (nSPS) is 25.3. The van der Waals surface area contributed by atoms with Crippen LogP contribution in [0.2, 0.25) is 0 Å². The Kier molecular flexibility index (Phi) is 5.94. The van der Waals surface area contributed by atoms with E-state index in [1.165, 1.54) is 19.2 Å². The van der Waals surface area contributed by atoms with Crippen LogP contribution in [0.3, 0.4) is 0 Å². The standard InChI is InChI=1S/C19H25N5O.ClH/c1-13(15-2-6-18(7-3-15)24-12-20-11-21-24)22-19(25)10-14-8-16-4-5-17(9-14)23-16;/h2-3,6-7,11-14,16-17,23H,4-5,8-10H2,1H3,(H,22,25);1H. The van der Waals surface area contributed by atoms with Crippen LogP contribution in [0.5, 0.6) is 0 Å². The lowest BCUT2D eigenvalue weighted by atomic mass is 9.89. The second kappa shape index (κ2) is 8.18. The van der Waals surface area contributed by atoms with Gasteiger partial charge in [0.05, 0.1) is 11.7 Å². The molecule has 3 unspecified atom stereocenters. The molecule has 0 spiro atoms. The minimum Gasteiger partial charge on any atom is -0.350 e. The number of fused-ring (bicyclic) bond motifs is 2. The SMILES string of the molecule is CC(NC(=O)CC1CC2CCC(C1)N2)c1ccc(-n2cncn2)cc1.Cl. The number of benzene rings is 1. The Balaban J connectivity index is 0.00000196. The van der Waals surface area contributed by atoms with Crippen molar-refractivity contribution in [2.75, 3.05) is 0 Å². The highest BCUT2D eigenvalue weighted by Gasteiger charge is 2.34. The molecule has 2 aromatic rings. The molecule has 7 heteroatoms. The number of piperidine rings is 1. The topological polar surface area (TPSA) is 71.8 Å². The van der Waals surface area contributed by atoms with E-state index >= 15 is 0 Å². The summed E-state index contributed by atoms with van der Waals surface area (Å²) < 4.78 is 1.72. The molecule has 2 bridgehead atoms. The van der Waals surface area contributed by atoms with E-state index in [9.17, 15) is 4.79 Å². The number of carbonyl (C=O) groups is 1. The highest BCUT2D eigenvalue weighted by Crippen LogP contribution is 2.32. The molecule has 2 aliphatic heterocycles. The van der Waals surface area contributed by atoms with Crippen LogP contribution in [0.15, 0.2) is 36.9 Å². The van der Waals surface area contributed by atoms with Gasteiger partial charge in [0, 0.05) is 18.5 Å². The molecule has 140 valence electrons. The molecule has 2 aliphatic rings. The molecule has 0 saturated carbocycles. The van der Waals surface area contributed by atoms with Crippen LogP contribution in [0.25, 0.3) is 5.69 Å². The van der Waals surface area contributed by atoms with Gasteiger partial charge in [-0.15, -0.1) is 12.4 Å². The number of hydrogen-bond acceptors (Lipinski definition) is 4. The first-order valence-corrected chi connectivity index (χ1v) is 9.18. The zero-order valence-corrected chi connectivity index (χ0v) is 15.8. The summed E-state index contributed by atoms with van der Waals surface area (Å²) >= 11 is 0. The van der Waals surface area contributed by atoms with E-state index in [0.29, 0.717) is 24.4 Å². The molecule has 1 aromatic heterocycles. The Morgan fingerprint density at radius 2 is 1.96 bits per heavy atom. The smallest absolute Gasteiger partial charge is 0.220 e. The number of hydrogen-bond donors (Lipinski definition) is 2. The zero-order valence-electron chi connectivity index (χ0n) is 15.0. The fraction of sp³-hybridized carbons (Fsp3) is 0.526. The maximum absolute atomic E-state index is 12.4. The van der Waals surface area contributed by atoms with Crippen molar-refractivity contribution in [1.29, 1.82) is 0 Å². The first-order valence-electron chi connectivity index (χ1n) is 9.18. The predicted octanol–water partition coefficient (Wildman–Crippen LogP) is 2.79. The van der Waals surface area contributed by atoms with E-state index in [2.05, 4.69) is 20.7 Å². The third kappa shape index (κ3) is 4.24. The van der Waals surface area contributed by atoms with Gasteiger partial charge in [0.15, 0.2) is 0 Å². The van der Waals surface area contributed by atoms with Crippen molar-refractivity contribution in [2.24, 2.45) is 5.92 Å². The van der Waals surface area contributed by atoms with Gasteiger partial charge in [0.25, 0.3) is 0 Å². The summed E-state index contributed by atoms with van der Waals surface area (Å²) in [7, 11) is 0. The molecule has 1 aromatic carbocycles. The molecular formula is C19H26ClN5O. The van der Waals surface area contributed by atoms with Crippen LogP contribution >= 0.6 is 12.4 Å². The van der Waals surface area contributed by atoms with Crippen LogP contribution in [-0.2, 0) is 4.79 Å². The summed E-state index contributed by atoms with van der Waals surface area (Å²) in [6, 6.07) is 9.35. The van der Waals surface area contributed by atoms with Crippen molar-refractivity contribution in [3.8, 4) is 5.69 Å². The lowest BCUT2D eigenvalue weighted by Crippen LogP contribution is -2.40. The Bertz CT molecular complexity index is 706. The average Bonchev–Trinajstić information content (AvgIpc) is 3.25. The molecule has 2 N–H and O–H groups in total. The molecule has 6 nitrogen and oxygen atoms in total. The number of rotatable bonds is 5. The summed E-state index contributed by atoms with van der Waals surface area (Å²) in [5.41, 5.74) is 2.06. The number of amides is 1. The fourth-order valence-electron chi connectivity index (χ4n) is 4.25. The lowest BCUT2D eigenvalue weighted by Gasteiger charge is -2.29. The average molecular weight is 376 g/mol. The van der Waals surface area contributed by atoms with Gasteiger partial charge in [-0.3, -0.25) is 4.79 Å². The summed E-state index contributed by atoms with van der Waals surface area (Å²) in [4.78, 5) is 16.4. The Morgan fingerprint density at radius 3 is 2.58 bits per heavy atom. The van der Waals surface area contributed by atoms with E-state index < -0.39 is 0 Å². The van der Waals surface area contributed by atoms with Crippen LogP contribution in [0.1, 0.15) is 50.6 Å². The van der Waals surface area contributed by atoms with Crippen LogP contribution in [0.4, 0.5) is 0 Å². The van der Waals surface area contributed by atoms with Gasteiger partial charge >= 0.3 is 0 Å². The largest absolute Gasteiger partial charge is 0.350 e. The van der Waals surface area contributed by atoms with Gasteiger partial charge < -0.3 is 10.6 Å². The van der Waals surface area contributed by atoms with Crippen molar-refractivity contribution < 1.29 is 4.79 Å². The monoisotopic (exact) mass is 375 g/mol. The first-order chi connectivity index (χ1) is 12.2. The first kappa shape index (κ1) is 18.9. The van der Waals surface area contributed by atoms with Crippen LogP contribution in [-0.4, -0.2) is 32.8 Å². The Hall–Kier alpha value is -1.92. The summed E-state index contributed by atoms with van der Waals surface area (Å²) in [5, 5.41) is 10.9. The van der Waals surface area contributed by atoms with Gasteiger partial charge in [-0.05, 0) is 56.2 Å². The number of halogens is 1. The molecule has 3 atom stereocenters. The van der Waals surface area contributed by atoms with Gasteiger partial charge in [-0.2, -0.15) is 5.10 Å². The Labute approximate surface area is 160 Å². The maximum atomic E-state index is 12.4.